The van der Waals surface area contributed by atoms with E-state index < -0.39 is 0 Å². The average Bonchev–Trinajstić information content (AvgIpc) is 2.90. The number of nitrogen functional groups attached to an aromatic ring is 1. The minimum atomic E-state index is 0.604. The lowest BCUT2D eigenvalue weighted by molar-refractivity contribution is -0.159. The maximum Gasteiger partial charge on any atom is 0.178 e. The molecule has 0 radical (unpaired) electrons. The third-order valence-corrected chi connectivity index (χ3v) is 3.75. The molecule has 2 aromatic heterocycles. The maximum atomic E-state index is 5.93. The lowest BCUT2D eigenvalue weighted by atomic mass is 10.1. The number of nitrogens with one attached hydrogen (secondary N) is 2. The molecule has 0 saturated carbocycles. The van der Waals surface area contributed by atoms with Gasteiger partial charge in [0.05, 0.1) is 12.6 Å². The van der Waals surface area contributed by atoms with Crippen molar-refractivity contribution in [3.8, 4) is 11.4 Å². The molecular weight excluding hydrogens is 370 g/mol. The minimum absolute atomic E-state index is 0.604. The number of rotatable bonds is 5. The van der Waals surface area contributed by atoms with Crippen LogP contribution in [0.25, 0.3) is 22.6 Å². The van der Waals surface area contributed by atoms with Gasteiger partial charge in [0.25, 0.3) is 0 Å². The quantitative estimate of drug-likeness (QED) is 0.155. The van der Waals surface area contributed by atoms with Gasteiger partial charge in [-0.3, -0.25) is 0 Å². The molecule has 3 rings (SSSR count). The van der Waals surface area contributed by atoms with Crippen LogP contribution in [0.1, 0.15) is 0 Å². The zero-order valence-electron chi connectivity index (χ0n) is 11.5. The van der Waals surface area contributed by atoms with Crippen molar-refractivity contribution in [2.24, 2.45) is 0 Å². The van der Waals surface area contributed by atoms with E-state index in [2.05, 4.69) is 40.5 Å². The zero-order chi connectivity index (χ0) is 15.5. The monoisotopic (exact) mass is 381 g/mol. The first-order valence-corrected chi connectivity index (χ1v) is 7.74. The second-order valence-corrected chi connectivity index (χ2v) is 5.80. The number of benzene rings is 1. The Morgan fingerprint density at radius 2 is 2.18 bits per heavy atom. The molecule has 2 heterocycles. The highest BCUT2D eigenvalue weighted by atomic mass is 79.9. The van der Waals surface area contributed by atoms with Crippen LogP contribution in [0.4, 0.5) is 11.4 Å². The van der Waals surface area contributed by atoms with Crippen LogP contribution in [0.3, 0.4) is 0 Å². The molecule has 9 heteroatoms. The second-order valence-electron chi connectivity index (χ2n) is 4.37. The molecule has 0 atom stereocenters. The third kappa shape index (κ3) is 3.33. The Balaban J connectivity index is 1.94. The summed E-state index contributed by atoms with van der Waals surface area (Å²) in [6.45, 7) is 0. The molecule has 0 aliphatic heterocycles. The van der Waals surface area contributed by atoms with Crippen molar-refractivity contribution in [1.82, 2.24) is 15.0 Å². The summed E-state index contributed by atoms with van der Waals surface area (Å²) in [5.41, 5.74) is 9.64. The first kappa shape index (κ1) is 15.1. The van der Waals surface area contributed by atoms with Crippen LogP contribution >= 0.6 is 28.2 Å². The summed E-state index contributed by atoms with van der Waals surface area (Å²) >= 11 is 4.34. The van der Waals surface area contributed by atoms with Gasteiger partial charge in [0.15, 0.2) is 5.65 Å². The predicted octanol–water partition coefficient (Wildman–Crippen LogP) is 3.52. The molecular formula is C13H12BrN5O2S. The molecule has 0 saturated heterocycles. The number of halogens is 1. The van der Waals surface area contributed by atoms with E-state index in [0.29, 0.717) is 17.2 Å². The predicted molar refractivity (Wildman–Crippen MR) is 90.7 cm³/mol. The highest BCUT2D eigenvalue weighted by Crippen LogP contribution is 2.27. The summed E-state index contributed by atoms with van der Waals surface area (Å²) in [4.78, 5) is 16.4. The molecule has 3 aromatic rings. The molecule has 22 heavy (non-hydrogen) atoms. The summed E-state index contributed by atoms with van der Waals surface area (Å²) in [5, 5.41) is 0. The summed E-state index contributed by atoms with van der Waals surface area (Å²) in [5.74, 6) is 0.689. The van der Waals surface area contributed by atoms with Gasteiger partial charge in [-0.05, 0) is 40.2 Å². The molecule has 1 aromatic carbocycles. The van der Waals surface area contributed by atoms with E-state index in [-0.39, 0.29) is 0 Å². The number of imidazole rings is 1. The van der Waals surface area contributed by atoms with E-state index >= 15 is 0 Å². The van der Waals surface area contributed by atoms with E-state index in [1.165, 1.54) is 7.11 Å². The molecule has 0 aliphatic rings. The minimum Gasteiger partial charge on any atom is -0.399 e. The van der Waals surface area contributed by atoms with Gasteiger partial charge >= 0.3 is 0 Å². The van der Waals surface area contributed by atoms with Gasteiger partial charge in [0.1, 0.15) is 18.1 Å². The smallest absolute Gasteiger partial charge is 0.178 e. The summed E-state index contributed by atoms with van der Waals surface area (Å²) in [6, 6.07) is 7.44. The number of fused-ring (bicyclic) bond motifs is 1. The highest BCUT2D eigenvalue weighted by molar-refractivity contribution is 9.10. The lowest BCUT2D eigenvalue weighted by Gasteiger charge is -2.06. The molecule has 0 amide bonds. The van der Waals surface area contributed by atoms with Gasteiger partial charge in [0.2, 0.25) is 0 Å². The number of hydrogen-bond acceptors (Lipinski definition) is 7. The number of hydrogen-bond donors (Lipinski definition) is 3. The van der Waals surface area contributed by atoms with Gasteiger partial charge in [-0.25, -0.2) is 14.9 Å². The van der Waals surface area contributed by atoms with Crippen LogP contribution in [-0.4, -0.2) is 22.1 Å². The number of pyridine rings is 1. The normalized spacial score (nSPS) is 11.0. The SMILES string of the molecule is COOSNc1cc(N)cc(-c2nc3ncc(Br)cc3[nH]2)c1. The Kier molecular flexibility index (Phi) is 4.48. The van der Waals surface area contributed by atoms with Crippen LogP contribution in [0.2, 0.25) is 0 Å². The summed E-state index contributed by atoms with van der Waals surface area (Å²) in [7, 11) is 1.43. The molecule has 0 spiro atoms. The van der Waals surface area contributed by atoms with E-state index in [0.717, 1.165) is 33.5 Å². The van der Waals surface area contributed by atoms with Crippen molar-refractivity contribution in [1.29, 1.82) is 0 Å². The fourth-order valence-corrected chi connectivity index (χ4v) is 2.61. The van der Waals surface area contributed by atoms with Gasteiger partial charge in [0, 0.05) is 27.6 Å². The number of aromatic amines is 1. The fourth-order valence-electron chi connectivity index (χ4n) is 1.96. The largest absolute Gasteiger partial charge is 0.399 e. The highest BCUT2D eigenvalue weighted by Gasteiger charge is 2.09. The fraction of sp³-hybridized carbons (Fsp3) is 0.0769. The van der Waals surface area contributed by atoms with Crippen molar-refractivity contribution < 1.29 is 9.22 Å². The number of aromatic nitrogens is 3. The van der Waals surface area contributed by atoms with Crippen molar-refractivity contribution in [3.05, 3.63) is 34.9 Å². The molecule has 4 N–H and O–H groups in total. The van der Waals surface area contributed by atoms with Crippen LogP contribution < -0.4 is 10.5 Å². The van der Waals surface area contributed by atoms with Crippen molar-refractivity contribution in [2.75, 3.05) is 17.6 Å². The topological polar surface area (TPSA) is 98.1 Å². The van der Waals surface area contributed by atoms with Crippen LogP contribution in [-0.2, 0) is 9.22 Å². The number of nitrogens with two attached hydrogens (primary N) is 1. The summed E-state index contributed by atoms with van der Waals surface area (Å²) < 4.78 is 8.56. The number of nitrogens with zero attached hydrogens (tertiary/aromatic N) is 2. The van der Waals surface area contributed by atoms with Crippen LogP contribution in [0.15, 0.2) is 34.9 Å². The second kappa shape index (κ2) is 6.53. The molecule has 0 aliphatic carbocycles. The van der Waals surface area contributed by atoms with Gasteiger partial charge in [-0.15, -0.1) is 4.33 Å². The van der Waals surface area contributed by atoms with Gasteiger partial charge in [-0.1, -0.05) is 0 Å². The first-order chi connectivity index (χ1) is 10.7. The zero-order valence-corrected chi connectivity index (χ0v) is 13.9. The molecule has 114 valence electrons. The van der Waals surface area contributed by atoms with Gasteiger partial charge < -0.3 is 15.4 Å². The summed E-state index contributed by atoms with van der Waals surface area (Å²) in [6.07, 6.45) is 1.71. The standard InChI is InChI=1S/C13H12BrN5O2S/c1-20-21-22-19-10-3-7(2-9(15)5-10)12-17-11-4-8(14)6-16-13(11)18-12/h2-6,19H,15H2,1H3,(H,16,17,18). The van der Waals surface area contributed by atoms with E-state index in [1.807, 2.05) is 18.2 Å². The maximum absolute atomic E-state index is 5.93. The molecule has 0 fully saturated rings. The molecule has 0 bridgehead atoms. The average molecular weight is 382 g/mol. The van der Waals surface area contributed by atoms with E-state index in [9.17, 15) is 0 Å². The Hall–Kier alpha value is -1.81. The van der Waals surface area contributed by atoms with Crippen molar-refractivity contribution in [3.63, 3.8) is 0 Å². The van der Waals surface area contributed by atoms with E-state index in [4.69, 9.17) is 10.1 Å². The Morgan fingerprint density at radius 3 is 3.00 bits per heavy atom. The van der Waals surface area contributed by atoms with Crippen molar-refractivity contribution in [2.45, 2.75) is 0 Å². The van der Waals surface area contributed by atoms with Crippen LogP contribution in [0.5, 0.6) is 0 Å². The Morgan fingerprint density at radius 1 is 1.32 bits per heavy atom. The lowest BCUT2D eigenvalue weighted by Crippen LogP contribution is -1.93. The Labute approximate surface area is 139 Å². The Bertz CT molecular complexity index is 810. The number of anilines is 2. The number of H-pyrrole nitrogens is 1. The third-order valence-electron chi connectivity index (χ3n) is 2.79. The first-order valence-electron chi connectivity index (χ1n) is 6.20. The van der Waals surface area contributed by atoms with Gasteiger partial charge in [-0.2, -0.15) is 0 Å². The molecule has 7 nitrogen and oxygen atoms in total. The molecule has 0 unspecified atom stereocenters. The van der Waals surface area contributed by atoms with Crippen LogP contribution in [0, 0.1) is 0 Å². The van der Waals surface area contributed by atoms with Crippen molar-refractivity contribution >= 4 is 50.7 Å². The van der Waals surface area contributed by atoms with E-state index in [1.54, 1.807) is 12.3 Å².